The van der Waals surface area contributed by atoms with Gasteiger partial charge in [0.2, 0.25) is 0 Å². The van der Waals surface area contributed by atoms with E-state index in [-0.39, 0.29) is 0 Å². The van der Waals surface area contributed by atoms with Crippen LogP contribution in [0.2, 0.25) is 0 Å². The maximum absolute atomic E-state index is 9.18. The molecule has 1 saturated carbocycles. The topological polar surface area (TPSA) is 48.7 Å². The van der Waals surface area contributed by atoms with Gasteiger partial charge < -0.3 is 5.32 Å². The molecule has 0 amide bonds. The molecular formula is C15H15N3S. The number of thiazole rings is 1. The number of hydrogen-bond donors (Lipinski definition) is 1. The maximum atomic E-state index is 9.18. The molecule has 1 aromatic heterocycles. The third-order valence-electron chi connectivity index (χ3n) is 3.43. The number of anilines is 1. The molecule has 0 saturated heterocycles. The molecule has 0 bridgehead atoms. The number of hydrogen-bond acceptors (Lipinski definition) is 4. The third kappa shape index (κ3) is 2.61. The van der Waals surface area contributed by atoms with Crippen LogP contribution in [0.3, 0.4) is 0 Å². The van der Waals surface area contributed by atoms with E-state index in [2.05, 4.69) is 22.4 Å². The Balaban J connectivity index is 1.92. The van der Waals surface area contributed by atoms with Gasteiger partial charge in [-0.05, 0) is 43.4 Å². The predicted octanol–water partition coefficient (Wildman–Crippen LogP) is 3.81. The second kappa shape index (κ2) is 5.02. The summed E-state index contributed by atoms with van der Waals surface area (Å²) in [7, 11) is 0. The molecule has 1 aromatic carbocycles. The first-order valence-electron chi connectivity index (χ1n) is 6.46. The van der Waals surface area contributed by atoms with Crippen molar-refractivity contribution in [3.63, 3.8) is 0 Å². The predicted molar refractivity (Wildman–Crippen MR) is 78.2 cm³/mol. The molecule has 0 atom stereocenters. The second-order valence-corrected chi connectivity index (χ2v) is 5.82. The van der Waals surface area contributed by atoms with E-state index < -0.39 is 0 Å². The molecule has 1 heterocycles. The van der Waals surface area contributed by atoms with E-state index in [0.717, 1.165) is 29.4 Å². The largest absolute Gasteiger partial charge is 0.384 e. The monoisotopic (exact) mass is 269 g/mol. The highest BCUT2D eigenvalue weighted by molar-refractivity contribution is 7.13. The van der Waals surface area contributed by atoms with E-state index in [4.69, 9.17) is 0 Å². The smallest absolute Gasteiger partial charge is 0.101 e. The van der Waals surface area contributed by atoms with Gasteiger partial charge in [0, 0.05) is 6.54 Å². The van der Waals surface area contributed by atoms with Gasteiger partial charge in [-0.3, -0.25) is 0 Å². The molecule has 0 radical (unpaired) electrons. The van der Waals surface area contributed by atoms with Crippen molar-refractivity contribution in [1.29, 1.82) is 5.26 Å². The fourth-order valence-electron chi connectivity index (χ4n) is 2.08. The number of aromatic nitrogens is 1. The SMILES string of the molecule is Cc1ncsc1-c1ccc(C#N)c(NCC2CC2)c1. The average molecular weight is 269 g/mol. The number of benzene rings is 1. The van der Waals surface area contributed by atoms with E-state index in [1.165, 1.54) is 17.7 Å². The van der Waals surface area contributed by atoms with Gasteiger partial charge in [0.25, 0.3) is 0 Å². The van der Waals surface area contributed by atoms with Crippen LogP contribution in [0.25, 0.3) is 10.4 Å². The van der Waals surface area contributed by atoms with Crippen LogP contribution in [0.4, 0.5) is 5.69 Å². The fraction of sp³-hybridized carbons (Fsp3) is 0.333. The van der Waals surface area contributed by atoms with Crippen LogP contribution in [0, 0.1) is 24.2 Å². The molecule has 1 aliphatic carbocycles. The van der Waals surface area contributed by atoms with Crippen molar-refractivity contribution in [3.05, 3.63) is 35.0 Å². The summed E-state index contributed by atoms with van der Waals surface area (Å²) in [4.78, 5) is 5.46. The molecule has 0 spiro atoms. The molecule has 1 aliphatic rings. The highest BCUT2D eigenvalue weighted by Crippen LogP contribution is 2.32. The lowest BCUT2D eigenvalue weighted by Gasteiger charge is -2.09. The van der Waals surface area contributed by atoms with Crippen molar-refractivity contribution in [1.82, 2.24) is 4.98 Å². The molecule has 3 rings (SSSR count). The number of aryl methyl sites for hydroxylation is 1. The third-order valence-corrected chi connectivity index (χ3v) is 4.40. The van der Waals surface area contributed by atoms with Gasteiger partial charge in [0.1, 0.15) is 6.07 Å². The van der Waals surface area contributed by atoms with Gasteiger partial charge in [0.05, 0.1) is 27.3 Å². The van der Waals surface area contributed by atoms with E-state index >= 15 is 0 Å². The van der Waals surface area contributed by atoms with Crippen molar-refractivity contribution in [2.75, 3.05) is 11.9 Å². The molecule has 2 aromatic rings. The molecule has 96 valence electrons. The van der Waals surface area contributed by atoms with Crippen molar-refractivity contribution in [3.8, 4) is 16.5 Å². The summed E-state index contributed by atoms with van der Waals surface area (Å²) >= 11 is 1.64. The Bertz CT molecular complexity index is 635. The highest BCUT2D eigenvalue weighted by atomic mass is 32.1. The Kier molecular flexibility index (Phi) is 3.22. The normalized spacial score (nSPS) is 14.1. The standard InChI is InChI=1S/C15H15N3S/c1-10-15(19-9-18-10)12-4-5-13(7-16)14(6-12)17-8-11-2-3-11/h4-6,9,11,17H,2-3,8H2,1H3. The average Bonchev–Trinajstić information content (AvgIpc) is 3.17. The summed E-state index contributed by atoms with van der Waals surface area (Å²) in [6.07, 6.45) is 2.62. The van der Waals surface area contributed by atoms with Crippen molar-refractivity contribution in [2.45, 2.75) is 19.8 Å². The Hall–Kier alpha value is -1.86. The Morgan fingerprint density at radius 2 is 2.32 bits per heavy atom. The first kappa shape index (κ1) is 12.2. The molecule has 4 heteroatoms. The van der Waals surface area contributed by atoms with Crippen LogP contribution in [0.1, 0.15) is 24.1 Å². The van der Waals surface area contributed by atoms with Crippen molar-refractivity contribution >= 4 is 17.0 Å². The molecule has 0 unspecified atom stereocenters. The summed E-state index contributed by atoms with van der Waals surface area (Å²) in [5.74, 6) is 0.792. The van der Waals surface area contributed by atoms with Crippen LogP contribution in [-0.4, -0.2) is 11.5 Å². The Morgan fingerprint density at radius 3 is 2.95 bits per heavy atom. The summed E-state index contributed by atoms with van der Waals surface area (Å²) < 4.78 is 0. The van der Waals surface area contributed by atoms with Crippen molar-refractivity contribution in [2.24, 2.45) is 5.92 Å². The Morgan fingerprint density at radius 1 is 1.47 bits per heavy atom. The molecule has 19 heavy (non-hydrogen) atoms. The van der Waals surface area contributed by atoms with Gasteiger partial charge >= 0.3 is 0 Å². The minimum Gasteiger partial charge on any atom is -0.384 e. The van der Waals surface area contributed by atoms with Gasteiger partial charge in [-0.2, -0.15) is 5.26 Å². The summed E-state index contributed by atoms with van der Waals surface area (Å²) in [6.45, 7) is 2.99. The lowest BCUT2D eigenvalue weighted by molar-refractivity contribution is 0.889. The minimum absolute atomic E-state index is 0.714. The first-order chi connectivity index (χ1) is 9.28. The number of nitrogens with one attached hydrogen (secondary N) is 1. The first-order valence-corrected chi connectivity index (χ1v) is 7.34. The Labute approximate surface area is 116 Å². The highest BCUT2D eigenvalue weighted by Gasteiger charge is 2.21. The van der Waals surface area contributed by atoms with Crippen LogP contribution in [0.5, 0.6) is 0 Å². The zero-order valence-electron chi connectivity index (χ0n) is 10.8. The summed E-state index contributed by atoms with van der Waals surface area (Å²) in [5, 5.41) is 12.6. The second-order valence-electron chi connectivity index (χ2n) is 4.96. The molecule has 1 fully saturated rings. The lowest BCUT2D eigenvalue weighted by Crippen LogP contribution is -2.04. The zero-order chi connectivity index (χ0) is 13.2. The van der Waals surface area contributed by atoms with Crippen molar-refractivity contribution < 1.29 is 0 Å². The molecule has 0 aliphatic heterocycles. The van der Waals surface area contributed by atoms with Gasteiger partial charge in [0.15, 0.2) is 0 Å². The van der Waals surface area contributed by atoms with Gasteiger partial charge in [-0.25, -0.2) is 4.98 Å². The lowest BCUT2D eigenvalue weighted by atomic mass is 10.1. The van der Waals surface area contributed by atoms with Crippen LogP contribution in [-0.2, 0) is 0 Å². The number of nitriles is 1. The van der Waals surface area contributed by atoms with Crippen LogP contribution >= 0.6 is 11.3 Å². The maximum Gasteiger partial charge on any atom is 0.101 e. The van der Waals surface area contributed by atoms with E-state index in [0.29, 0.717) is 5.56 Å². The summed E-state index contributed by atoms with van der Waals surface area (Å²) in [6, 6.07) is 8.22. The minimum atomic E-state index is 0.714. The fourth-order valence-corrected chi connectivity index (χ4v) is 2.89. The van der Waals surface area contributed by atoms with E-state index in [1.807, 2.05) is 24.6 Å². The van der Waals surface area contributed by atoms with Gasteiger partial charge in [-0.1, -0.05) is 6.07 Å². The zero-order valence-corrected chi connectivity index (χ0v) is 11.6. The van der Waals surface area contributed by atoms with Crippen LogP contribution in [0.15, 0.2) is 23.7 Å². The molecule has 1 N–H and O–H groups in total. The van der Waals surface area contributed by atoms with E-state index in [9.17, 15) is 5.26 Å². The summed E-state index contributed by atoms with van der Waals surface area (Å²) in [5.41, 5.74) is 5.70. The van der Waals surface area contributed by atoms with Crippen LogP contribution < -0.4 is 5.32 Å². The quantitative estimate of drug-likeness (QED) is 0.918. The molecule has 3 nitrogen and oxygen atoms in total. The van der Waals surface area contributed by atoms with Gasteiger partial charge in [-0.15, -0.1) is 11.3 Å². The van der Waals surface area contributed by atoms with E-state index in [1.54, 1.807) is 11.3 Å². The molecular weight excluding hydrogens is 254 g/mol. The number of rotatable bonds is 4. The number of nitrogens with zero attached hydrogens (tertiary/aromatic N) is 2.